The topological polar surface area (TPSA) is 66.4 Å². The van der Waals surface area contributed by atoms with Crippen LogP contribution in [0.4, 0.5) is 0 Å². The predicted molar refractivity (Wildman–Crippen MR) is 80.3 cm³/mol. The number of hydrogen-bond acceptors (Lipinski definition) is 4. The van der Waals surface area contributed by atoms with Crippen molar-refractivity contribution in [1.82, 2.24) is 4.72 Å². The Balaban J connectivity index is 2.08. The van der Waals surface area contributed by atoms with Gasteiger partial charge in [-0.2, -0.15) is 11.3 Å². The maximum atomic E-state index is 12.2. The Kier molecular flexibility index (Phi) is 4.93. The molecule has 6 heteroatoms. The summed E-state index contributed by atoms with van der Waals surface area (Å²) in [5.74, 6) is 0. The van der Waals surface area contributed by atoms with Crippen LogP contribution in [0.15, 0.2) is 39.9 Å². The second kappa shape index (κ2) is 6.49. The largest absolute Gasteiger partial charge is 0.396 e. The van der Waals surface area contributed by atoms with Gasteiger partial charge in [0.05, 0.1) is 4.90 Å². The van der Waals surface area contributed by atoms with Gasteiger partial charge in [-0.3, -0.25) is 0 Å². The molecule has 0 saturated carbocycles. The highest BCUT2D eigenvalue weighted by Crippen LogP contribution is 2.15. The standard InChI is InChI=1S/C14H17NO3S2/c1-11-9-19-10-13(11)8-15-20(17,18)14-4-2-12(3-5-14)6-7-16/h2-5,9-10,15-16H,6-8H2,1H3. The fourth-order valence-electron chi connectivity index (χ4n) is 1.79. The first kappa shape index (κ1) is 15.2. The third-order valence-corrected chi connectivity index (χ3v) is 5.38. The van der Waals surface area contributed by atoms with Crippen LogP contribution in [0.3, 0.4) is 0 Å². The summed E-state index contributed by atoms with van der Waals surface area (Å²) in [5, 5.41) is 12.8. The Morgan fingerprint density at radius 2 is 1.90 bits per heavy atom. The summed E-state index contributed by atoms with van der Waals surface area (Å²) in [6.45, 7) is 2.32. The van der Waals surface area contributed by atoms with Gasteiger partial charge in [-0.15, -0.1) is 0 Å². The first-order valence-electron chi connectivity index (χ1n) is 6.24. The first-order chi connectivity index (χ1) is 9.53. The summed E-state index contributed by atoms with van der Waals surface area (Å²) in [7, 11) is -3.49. The number of rotatable bonds is 6. The van der Waals surface area contributed by atoms with Gasteiger partial charge < -0.3 is 5.11 Å². The molecule has 1 heterocycles. The number of nitrogens with one attached hydrogen (secondary N) is 1. The fourth-order valence-corrected chi connectivity index (χ4v) is 3.65. The quantitative estimate of drug-likeness (QED) is 0.858. The van der Waals surface area contributed by atoms with E-state index in [4.69, 9.17) is 5.11 Å². The van der Waals surface area contributed by atoms with Crippen LogP contribution in [-0.2, 0) is 23.0 Å². The first-order valence-corrected chi connectivity index (χ1v) is 8.66. The van der Waals surface area contributed by atoms with Crippen LogP contribution >= 0.6 is 11.3 Å². The average molecular weight is 311 g/mol. The zero-order chi connectivity index (χ0) is 14.6. The normalized spacial score (nSPS) is 11.7. The molecule has 0 bridgehead atoms. The molecular formula is C14H17NO3S2. The Labute approximate surface area is 123 Å². The minimum absolute atomic E-state index is 0.0573. The minimum atomic E-state index is -3.49. The van der Waals surface area contributed by atoms with E-state index in [9.17, 15) is 8.42 Å². The zero-order valence-electron chi connectivity index (χ0n) is 11.2. The molecule has 0 aliphatic rings. The molecule has 1 aromatic heterocycles. The molecule has 0 saturated heterocycles. The molecule has 0 amide bonds. The van der Waals surface area contributed by atoms with E-state index in [0.717, 1.165) is 16.7 Å². The number of benzene rings is 1. The van der Waals surface area contributed by atoms with Crippen molar-refractivity contribution in [3.8, 4) is 0 Å². The summed E-state index contributed by atoms with van der Waals surface area (Å²) in [6, 6.07) is 6.57. The summed E-state index contributed by atoms with van der Waals surface area (Å²) in [5.41, 5.74) is 3.01. The molecule has 4 nitrogen and oxygen atoms in total. The summed E-state index contributed by atoms with van der Waals surface area (Å²) < 4.78 is 26.9. The van der Waals surface area contributed by atoms with E-state index < -0.39 is 10.0 Å². The van der Waals surface area contributed by atoms with Crippen molar-refractivity contribution in [3.05, 3.63) is 51.7 Å². The second-order valence-corrected chi connectivity index (χ2v) is 7.03. The lowest BCUT2D eigenvalue weighted by molar-refractivity contribution is 0.299. The highest BCUT2D eigenvalue weighted by molar-refractivity contribution is 7.89. The molecule has 0 unspecified atom stereocenters. The molecule has 108 valence electrons. The van der Waals surface area contributed by atoms with Crippen LogP contribution in [0.2, 0.25) is 0 Å². The molecule has 20 heavy (non-hydrogen) atoms. The van der Waals surface area contributed by atoms with E-state index in [1.807, 2.05) is 17.7 Å². The third-order valence-electron chi connectivity index (χ3n) is 3.05. The van der Waals surface area contributed by atoms with Crippen molar-refractivity contribution in [2.75, 3.05) is 6.61 Å². The lowest BCUT2D eigenvalue weighted by atomic mass is 10.2. The summed E-state index contributed by atoms with van der Waals surface area (Å²) in [6.07, 6.45) is 0.530. The Morgan fingerprint density at radius 1 is 1.20 bits per heavy atom. The molecule has 2 N–H and O–H groups in total. The maximum Gasteiger partial charge on any atom is 0.240 e. The van der Waals surface area contributed by atoms with Crippen LogP contribution in [-0.4, -0.2) is 20.1 Å². The zero-order valence-corrected chi connectivity index (χ0v) is 12.8. The van der Waals surface area contributed by atoms with Gasteiger partial charge in [0.25, 0.3) is 0 Å². The molecule has 0 aliphatic heterocycles. The number of thiophene rings is 1. The van der Waals surface area contributed by atoms with Crippen molar-refractivity contribution >= 4 is 21.4 Å². The minimum Gasteiger partial charge on any atom is -0.396 e. The van der Waals surface area contributed by atoms with Gasteiger partial charge in [0, 0.05) is 13.2 Å². The van der Waals surface area contributed by atoms with E-state index >= 15 is 0 Å². The highest BCUT2D eigenvalue weighted by Gasteiger charge is 2.14. The van der Waals surface area contributed by atoms with Crippen LogP contribution < -0.4 is 4.72 Å². The lowest BCUT2D eigenvalue weighted by Gasteiger charge is -2.07. The molecule has 1 aromatic carbocycles. The highest BCUT2D eigenvalue weighted by atomic mass is 32.2. The fraction of sp³-hybridized carbons (Fsp3) is 0.286. The Hall–Kier alpha value is -1.21. The molecule has 0 aliphatic carbocycles. The van der Waals surface area contributed by atoms with E-state index in [1.165, 1.54) is 0 Å². The number of hydrogen-bond donors (Lipinski definition) is 2. The Morgan fingerprint density at radius 3 is 2.45 bits per heavy atom. The second-order valence-electron chi connectivity index (χ2n) is 4.52. The molecular weight excluding hydrogens is 294 g/mol. The number of aliphatic hydroxyl groups excluding tert-OH is 1. The van der Waals surface area contributed by atoms with Gasteiger partial charge in [0.15, 0.2) is 0 Å². The molecule has 2 rings (SSSR count). The Bertz CT molecular complexity index is 660. The average Bonchev–Trinajstić information content (AvgIpc) is 2.83. The summed E-state index contributed by atoms with van der Waals surface area (Å²) in [4.78, 5) is 0.243. The SMILES string of the molecule is Cc1cscc1CNS(=O)(=O)c1ccc(CCO)cc1. The van der Waals surface area contributed by atoms with Crippen LogP contribution in [0.25, 0.3) is 0 Å². The third kappa shape index (κ3) is 3.67. The number of aryl methyl sites for hydroxylation is 1. The number of sulfonamides is 1. The lowest BCUT2D eigenvalue weighted by Crippen LogP contribution is -2.23. The van der Waals surface area contributed by atoms with Crippen LogP contribution in [0.1, 0.15) is 16.7 Å². The van der Waals surface area contributed by atoms with Crippen molar-refractivity contribution in [1.29, 1.82) is 0 Å². The van der Waals surface area contributed by atoms with Crippen LogP contribution in [0.5, 0.6) is 0 Å². The molecule has 0 atom stereocenters. The van der Waals surface area contributed by atoms with Gasteiger partial charge in [-0.05, 0) is 52.9 Å². The maximum absolute atomic E-state index is 12.2. The predicted octanol–water partition coefficient (Wildman–Crippen LogP) is 2.07. The molecule has 0 fully saturated rings. The van der Waals surface area contributed by atoms with Crippen molar-refractivity contribution in [3.63, 3.8) is 0 Å². The van der Waals surface area contributed by atoms with E-state index in [0.29, 0.717) is 13.0 Å². The monoisotopic (exact) mass is 311 g/mol. The number of aliphatic hydroxyl groups is 1. The smallest absolute Gasteiger partial charge is 0.240 e. The van der Waals surface area contributed by atoms with Crippen molar-refractivity contribution in [2.24, 2.45) is 0 Å². The van der Waals surface area contributed by atoms with Crippen LogP contribution in [0, 0.1) is 6.92 Å². The summed E-state index contributed by atoms with van der Waals surface area (Å²) >= 11 is 1.56. The van der Waals surface area contributed by atoms with Gasteiger partial charge in [-0.1, -0.05) is 12.1 Å². The molecule has 2 aromatic rings. The van der Waals surface area contributed by atoms with Gasteiger partial charge in [0.2, 0.25) is 10.0 Å². The van der Waals surface area contributed by atoms with Crippen molar-refractivity contribution < 1.29 is 13.5 Å². The van der Waals surface area contributed by atoms with Gasteiger partial charge in [-0.25, -0.2) is 13.1 Å². The van der Waals surface area contributed by atoms with Gasteiger partial charge >= 0.3 is 0 Å². The van der Waals surface area contributed by atoms with E-state index in [2.05, 4.69) is 4.72 Å². The van der Waals surface area contributed by atoms with E-state index in [1.54, 1.807) is 35.6 Å². The van der Waals surface area contributed by atoms with Gasteiger partial charge in [0.1, 0.15) is 0 Å². The molecule has 0 spiro atoms. The van der Waals surface area contributed by atoms with E-state index in [-0.39, 0.29) is 11.5 Å². The molecule has 0 radical (unpaired) electrons. The van der Waals surface area contributed by atoms with Crippen molar-refractivity contribution in [2.45, 2.75) is 24.8 Å².